The van der Waals surface area contributed by atoms with Crippen LogP contribution in [0.3, 0.4) is 0 Å². The van der Waals surface area contributed by atoms with Crippen molar-refractivity contribution in [3.05, 3.63) is 36.4 Å². The molecule has 4 heteroatoms. The average molecular weight is 466 g/mol. The van der Waals surface area contributed by atoms with Crippen molar-refractivity contribution in [2.75, 3.05) is 34.8 Å². The van der Waals surface area contributed by atoms with Crippen LogP contribution in [0.5, 0.6) is 0 Å². The van der Waals surface area contributed by atoms with Gasteiger partial charge in [0.25, 0.3) is 0 Å². The van der Waals surface area contributed by atoms with Crippen molar-refractivity contribution in [2.45, 2.75) is 101 Å². The molecule has 1 atom stereocenters. The van der Waals surface area contributed by atoms with Crippen LogP contribution in [0, 0.1) is 0 Å². The number of hydrogen-bond donors (Lipinski definition) is 1. The van der Waals surface area contributed by atoms with Gasteiger partial charge < -0.3 is 15.1 Å². The van der Waals surface area contributed by atoms with Crippen molar-refractivity contribution in [1.29, 1.82) is 0 Å². The van der Waals surface area contributed by atoms with Crippen LogP contribution in [0.1, 0.15) is 85.0 Å². The minimum absolute atomic E-state index is 0.692. The van der Waals surface area contributed by atoms with Crippen molar-refractivity contribution in [2.24, 2.45) is 0 Å². The summed E-state index contributed by atoms with van der Waals surface area (Å²) >= 11 is 1.94. The Morgan fingerprint density at radius 2 is 1.58 bits per heavy atom. The normalized spacial score (nSPS) is 17.3. The lowest BCUT2D eigenvalue weighted by molar-refractivity contribution is 0.450. The van der Waals surface area contributed by atoms with Crippen molar-refractivity contribution in [1.82, 2.24) is 0 Å². The van der Waals surface area contributed by atoms with Gasteiger partial charge in [-0.25, -0.2) is 0 Å². The van der Waals surface area contributed by atoms with Gasteiger partial charge in [0, 0.05) is 46.8 Å². The molecule has 0 radical (unpaired) electrons. The van der Waals surface area contributed by atoms with Crippen LogP contribution < -0.4 is 15.1 Å². The molecule has 2 heterocycles. The Balaban J connectivity index is 1.52. The number of rotatable bonds is 11. The molecule has 0 spiro atoms. The lowest BCUT2D eigenvalue weighted by Gasteiger charge is -2.37. The van der Waals surface area contributed by atoms with Gasteiger partial charge in [0.05, 0.1) is 11.4 Å². The largest absolute Gasteiger partial charge is 0.372 e. The average Bonchev–Trinajstić information content (AvgIpc) is 2.86. The van der Waals surface area contributed by atoms with Crippen LogP contribution in [0.2, 0.25) is 0 Å². The highest BCUT2D eigenvalue weighted by Gasteiger charge is 2.23. The second-order valence-corrected chi connectivity index (χ2v) is 10.8. The van der Waals surface area contributed by atoms with Crippen LogP contribution in [0.4, 0.5) is 22.7 Å². The third-order valence-corrected chi connectivity index (χ3v) is 8.39. The molecule has 0 aromatic heterocycles. The molecule has 0 saturated carbocycles. The summed E-state index contributed by atoms with van der Waals surface area (Å²) in [7, 11) is 0. The first-order valence-electron chi connectivity index (χ1n) is 13.5. The zero-order valence-corrected chi connectivity index (χ0v) is 21.9. The highest BCUT2D eigenvalue weighted by atomic mass is 32.2. The Labute approximate surface area is 206 Å². The van der Waals surface area contributed by atoms with E-state index in [4.69, 9.17) is 0 Å². The summed E-state index contributed by atoms with van der Waals surface area (Å²) in [5, 5.41) is 3.71. The van der Waals surface area contributed by atoms with Crippen molar-refractivity contribution >= 4 is 34.5 Å². The van der Waals surface area contributed by atoms with Crippen molar-refractivity contribution < 1.29 is 0 Å². The Hall–Kier alpha value is -1.81. The smallest absolute Gasteiger partial charge is 0.0527 e. The monoisotopic (exact) mass is 465 g/mol. The Bertz CT molecular complexity index is 886. The van der Waals surface area contributed by atoms with Crippen LogP contribution in [0.25, 0.3) is 0 Å². The second-order valence-electron chi connectivity index (χ2n) is 9.74. The molecular formula is C29H43N3S. The van der Waals surface area contributed by atoms with Gasteiger partial charge >= 0.3 is 0 Å². The lowest BCUT2D eigenvalue weighted by atomic mass is 9.99. The summed E-state index contributed by atoms with van der Waals surface area (Å²) in [5.74, 6) is 0. The van der Waals surface area contributed by atoms with E-state index in [2.05, 4.69) is 72.3 Å². The summed E-state index contributed by atoms with van der Waals surface area (Å²) in [5.41, 5.74) is 5.28. The number of benzene rings is 2. The number of unbranched alkanes of at least 4 members (excludes halogenated alkanes) is 4. The van der Waals surface area contributed by atoms with E-state index in [-0.39, 0.29) is 0 Å². The first-order chi connectivity index (χ1) is 16.2. The number of anilines is 4. The van der Waals surface area contributed by atoms with Gasteiger partial charge in [-0.05, 0) is 74.9 Å². The van der Waals surface area contributed by atoms with Gasteiger partial charge in [-0.2, -0.15) is 0 Å². The van der Waals surface area contributed by atoms with Crippen LogP contribution in [-0.4, -0.2) is 25.7 Å². The summed E-state index contributed by atoms with van der Waals surface area (Å²) in [6.45, 7) is 10.5. The molecule has 1 fully saturated rings. The first kappa shape index (κ1) is 24.3. The zero-order chi connectivity index (χ0) is 23.0. The van der Waals surface area contributed by atoms with E-state index in [1.54, 1.807) is 0 Å². The summed E-state index contributed by atoms with van der Waals surface area (Å²) in [4.78, 5) is 8.00. The molecule has 0 amide bonds. The number of hydrogen-bond acceptors (Lipinski definition) is 4. The van der Waals surface area contributed by atoms with Crippen LogP contribution >= 0.6 is 11.8 Å². The maximum Gasteiger partial charge on any atom is 0.0527 e. The number of nitrogens with one attached hydrogen (secondary N) is 1. The Morgan fingerprint density at radius 3 is 2.27 bits per heavy atom. The van der Waals surface area contributed by atoms with Gasteiger partial charge in [0.2, 0.25) is 0 Å². The molecular weight excluding hydrogens is 422 g/mol. The Morgan fingerprint density at radius 1 is 0.879 bits per heavy atom. The van der Waals surface area contributed by atoms with E-state index in [0.29, 0.717) is 6.04 Å². The van der Waals surface area contributed by atoms with Gasteiger partial charge in [0.1, 0.15) is 0 Å². The summed E-state index contributed by atoms with van der Waals surface area (Å²) in [6, 6.07) is 14.8. The molecule has 1 unspecified atom stereocenters. The number of piperidine rings is 1. The topological polar surface area (TPSA) is 18.5 Å². The predicted molar refractivity (Wildman–Crippen MR) is 147 cm³/mol. The molecule has 1 N–H and O–H groups in total. The molecule has 2 aliphatic heterocycles. The fourth-order valence-electron chi connectivity index (χ4n) is 5.28. The molecule has 180 valence electrons. The van der Waals surface area contributed by atoms with Crippen LogP contribution in [0.15, 0.2) is 46.2 Å². The molecule has 1 saturated heterocycles. The predicted octanol–water partition coefficient (Wildman–Crippen LogP) is 8.85. The van der Waals surface area contributed by atoms with E-state index in [0.717, 1.165) is 0 Å². The van der Waals surface area contributed by atoms with Crippen molar-refractivity contribution in [3.8, 4) is 0 Å². The molecule has 2 aliphatic rings. The second kappa shape index (κ2) is 12.1. The maximum atomic E-state index is 3.71. The first-order valence-corrected chi connectivity index (χ1v) is 14.3. The molecule has 0 aliphatic carbocycles. The summed E-state index contributed by atoms with van der Waals surface area (Å²) in [6.07, 6.45) is 13.0. The highest BCUT2D eigenvalue weighted by Crippen LogP contribution is 2.47. The standard InChI is InChI=1S/C29H43N3S/c1-4-7-10-18-31(19-11-8-5-2)24-14-16-26-28(21-24)33-29-22-25(15-17-27(29)30-26)32-20-12-9-13-23(32)6-3/h14-17,21-23,30H,4-13,18-20H2,1-3H3. The fraction of sp³-hybridized carbons (Fsp3) is 0.586. The fourth-order valence-corrected chi connectivity index (χ4v) is 6.33. The van der Waals surface area contributed by atoms with E-state index in [9.17, 15) is 0 Å². The van der Waals surface area contributed by atoms with Gasteiger partial charge in [-0.15, -0.1) is 0 Å². The zero-order valence-electron chi connectivity index (χ0n) is 21.0. The molecule has 2 aromatic carbocycles. The molecule has 2 aromatic rings. The third kappa shape index (κ3) is 6.01. The van der Waals surface area contributed by atoms with E-state index >= 15 is 0 Å². The lowest BCUT2D eigenvalue weighted by Crippen LogP contribution is -2.39. The van der Waals surface area contributed by atoms with E-state index < -0.39 is 0 Å². The minimum atomic E-state index is 0.692. The van der Waals surface area contributed by atoms with Crippen LogP contribution in [-0.2, 0) is 0 Å². The summed E-state index contributed by atoms with van der Waals surface area (Å²) < 4.78 is 0. The van der Waals surface area contributed by atoms with Crippen molar-refractivity contribution in [3.63, 3.8) is 0 Å². The SMILES string of the molecule is CCCCCN(CCCCC)c1ccc2c(c1)Sc1cc(N3CCCCC3CC)ccc1N2. The third-order valence-electron chi connectivity index (χ3n) is 7.28. The van der Waals surface area contributed by atoms with Gasteiger partial charge in [-0.1, -0.05) is 58.2 Å². The van der Waals surface area contributed by atoms with Gasteiger partial charge in [0.15, 0.2) is 0 Å². The molecule has 3 nitrogen and oxygen atoms in total. The quantitative estimate of drug-likeness (QED) is 0.285. The molecule has 4 rings (SSSR count). The maximum absolute atomic E-state index is 3.71. The van der Waals surface area contributed by atoms with E-state index in [1.165, 1.54) is 116 Å². The minimum Gasteiger partial charge on any atom is -0.372 e. The number of nitrogens with zero attached hydrogens (tertiary/aromatic N) is 2. The number of fused-ring (bicyclic) bond motifs is 2. The van der Waals surface area contributed by atoms with E-state index in [1.807, 2.05) is 11.8 Å². The Kier molecular flexibility index (Phi) is 8.89. The van der Waals surface area contributed by atoms with Gasteiger partial charge in [-0.3, -0.25) is 0 Å². The molecule has 0 bridgehead atoms. The molecule has 33 heavy (non-hydrogen) atoms. The highest BCUT2D eigenvalue weighted by molar-refractivity contribution is 7.99.